The fraction of sp³-hybridized carbons (Fsp3) is 0.571. The van der Waals surface area contributed by atoms with Crippen LogP contribution in [0.5, 0.6) is 0 Å². The summed E-state index contributed by atoms with van der Waals surface area (Å²) in [7, 11) is 0. The number of halogens is 1. The molecule has 0 atom stereocenters. The first-order valence-electron chi connectivity index (χ1n) is 3.84. The normalized spacial score (nSPS) is 10.0. The number of carbonyl (C=O) groups excluding carboxylic acids is 1. The lowest BCUT2D eigenvalue weighted by atomic mass is 10.4. The Labute approximate surface area is 80.5 Å². The summed E-state index contributed by atoms with van der Waals surface area (Å²) in [5, 5.41) is 6.22. The van der Waals surface area contributed by atoms with Crippen LogP contribution in [-0.2, 0) is 11.3 Å². The van der Waals surface area contributed by atoms with E-state index in [4.69, 9.17) is 16.1 Å². The van der Waals surface area contributed by atoms with E-state index in [-0.39, 0.29) is 12.5 Å². The van der Waals surface area contributed by atoms with Gasteiger partial charge in [-0.3, -0.25) is 4.79 Å². The number of hydrogen-bond acceptors (Lipinski definition) is 4. The van der Waals surface area contributed by atoms with Crippen molar-refractivity contribution in [2.75, 3.05) is 5.88 Å². The highest BCUT2D eigenvalue weighted by molar-refractivity contribution is 6.18. The zero-order chi connectivity index (χ0) is 9.68. The summed E-state index contributed by atoms with van der Waals surface area (Å²) in [6.45, 7) is 1.98. The topological polar surface area (TPSA) is 68.0 Å². The molecule has 0 aliphatic heterocycles. The zero-order valence-corrected chi connectivity index (χ0v) is 7.97. The highest BCUT2D eigenvalue weighted by Gasteiger charge is 2.04. The van der Waals surface area contributed by atoms with Gasteiger partial charge in [0, 0.05) is 19.2 Å². The smallest absolute Gasteiger partial charge is 0.223 e. The summed E-state index contributed by atoms with van der Waals surface area (Å²) in [5.74, 6) is 1.16. The number of nitrogens with zero attached hydrogens (tertiary/aromatic N) is 2. The first-order valence-corrected chi connectivity index (χ1v) is 4.37. The molecule has 0 aromatic carbocycles. The summed E-state index contributed by atoms with van der Waals surface area (Å²) in [6.07, 6.45) is 0.304. The fourth-order valence-corrected chi connectivity index (χ4v) is 0.937. The summed E-state index contributed by atoms with van der Waals surface area (Å²) < 4.78 is 4.72. The minimum absolute atomic E-state index is 0.113. The average Bonchev–Trinajstić information content (AvgIpc) is 2.49. The molecule has 0 aliphatic rings. The first kappa shape index (κ1) is 9.98. The lowest BCUT2D eigenvalue weighted by molar-refractivity contribution is -0.120. The maximum Gasteiger partial charge on any atom is 0.223 e. The summed E-state index contributed by atoms with van der Waals surface area (Å²) in [6, 6.07) is 0. The van der Waals surface area contributed by atoms with Crippen LogP contribution in [0.15, 0.2) is 4.52 Å². The van der Waals surface area contributed by atoms with Crippen molar-refractivity contribution in [3.8, 4) is 0 Å². The molecule has 0 aliphatic carbocycles. The van der Waals surface area contributed by atoms with Crippen molar-refractivity contribution in [1.29, 1.82) is 0 Å². The maximum atomic E-state index is 10.9. The van der Waals surface area contributed by atoms with Gasteiger partial charge in [-0.05, 0) is 0 Å². The second-order valence-electron chi connectivity index (χ2n) is 2.45. The molecule has 1 rings (SSSR count). The molecule has 1 aromatic heterocycles. The highest BCUT2D eigenvalue weighted by atomic mass is 35.5. The first-order chi connectivity index (χ1) is 6.22. The van der Waals surface area contributed by atoms with Crippen LogP contribution in [0.1, 0.15) is 18.1 Å². The van der Waals surface area contributed by atoms with Crippen molar-refractivity contribution in [1.82, 2.24) is 15.5 Å². The third kappa shape index (κ3) is 3.42. The molecule has 72 valence electrons. The van der Waals surface area contributed by atoms with Crippen molar-refractivity contribution >= 4 is 17.5 Å². The zero-order valence-electron chi connectivity index (χ0n) is 7.21. The van der Waals surface area contributed by atoms with Crippen LogP contribution in [-0.4, -0.2) is 21.9 Å². The second kappa shape index (κ2) is 4.81. The molecule has 1 N–H and O–H groups in total. The fourth-order valence-electron chi connectivity index (χ4n) is 0.765. The van der Waals surface area contributed by atoms with E-state index in [1.165, 1.54) is 0 Å². The van der Waals surface area contributed by atoms with E-state index in [1.807, 2.05) is 0 Å². The number of carbonyl (C=O) groups is 1. The van der Waals surface area contributed by atoms with Crippen molar-refractivity contribution in [3.63, 3.8) is 0 Å². The Hall–Kier alpha value is -1.10. The van der Waals surface area contributed by atoms with Crippen LogP contribution in [0.2, 0.25) is 0 Å². The molecule has 0 unspecified atom stereocenters. The predicted octanol–water partition coefficient (Wildman–Crippen LogP) is 0.623. The Morgan fingerprint density at radius 3 is 3.00 bits per heavy atom. The van der Waals surface area contributed by atoms with E-state index in [0.717, 1.165) is 0 Å². The van der Waals surface area contributed by atoms with Gasteiger partial charge >= 0.3 is 0 Å². The van der Waals surface area contributed by atoms with Gasteiger partial charge in [-0.1, -0.05) is 5.16 Å². The number of alkyl halides is 1. The number of aromatic nitrogens is 2. The number of hydrogen-bond donors (Lipinski definition) is 1. The van der Waals surface area contributed by atoms with E-state index < -0.39 is 0 Å². The Kier molecular flexibility index (Phi) is 3.70. The van der Waals surface area contributed by atoms with E-state index in [0.29, 0.717) is 24.0 Å². The van der Waals surface area contributed by atoms with Gasteiger partial charge in [-0.2, -0.15) is 4.98 Å². The van der Waals surface area contributed by atoms with E-state index in [2.05, 4.69) is 15.5 Å². The lowest BCUT2D eigenvalue weighted by Crippen LogP contribution is -2.23. The molecule has 0 saturated carbocycles. The molecule has 5 nitrogen and oxygen atoms in total. The van der Waals surface area contributed by atoms with Crippen LogP contribution in [0.25, 0.3) is 0 Å². The average molecular weight is 204 g/mol. The van der Waals surface area contributed by atoms with Crippen molar-refractivity contribution in [3.05, 3.63) is 11.7 Å². The van der Waals surface area contributed by atoms with Gasteiger partial charge in [0.15, 0.2) is 5.82 Å². The summed E-state index contributed by atoms with van der Waals surface area (Å²) in [4.78, 5) is 14.9. The quantitative estimate of drug-likeness (QED) is 0.729. The maximum absolute atomic E-state index is 10.9. The van der Waals surface area contributed by atoms with Crippen molar-refractivity contribution in [2.24, 2.45) is 0 Å². The van der Waals surface area contributed by atoms with Crippen LogP contribution in [0.3, 0.4) is 0 Å². The molecule has 1 heterocycles. The molecule has 1 amide bonds. The molecule has 0 fully saturated rings. The lowest BCUT2D eigenvalue weighted by Gasteiger charge is -1.98. The molecular weight excluding hydrogens is 194 g/mol. The van der Waals surface area contributed by atoms with E-state index in [9.17, 15) is 4.79 Å². The monoisotopic (exact) mass is 203 g/mol. The third-order valence-corrected chi connectivity index (χ3v) is 1.52. The van der Waals surface area contributed by atoms with Gasteiger partial charge in [0.05, 0.1) is 6.54 Å². The van der Waals surface area contributed by atoms with Crippen LogP contribution >= 0.6 is 11.6 Å². The van der Waals surface area contributed by atoms with Gasteiger partial charge in [-0.25, -0.2) is 0 Å². The largest absolute Gasteiger partial charge is 0.349 e. The SMILES string of the molecule is Cc1nc(CNC(=O)CCCl)no1. The van der Waals surface area contributed by atoms with E-state index in [1.54, 1.807) is 6.92 Å². The van der Waals surface area contributed by atoms with Gasteiger partial charge in [-0.15, -0.1) is 11.6 Å². The third-order valence-electron chi connectivity index (χ3n) is 1.33. The van der Waals surface area contributed by atoms with Crippen LogP contribution < -0.4 is 5.32 Å². The molecule has 6 heteroatoms. The van der Waals surface area contributed by atoms with Crippen LogP contribution in [0, 0.1) is 6.92 Å². The Balaban J connectivity index is 2.30. The number of nitrogens with one attached hydrogen (secondary N) is 1. The molecular formula is C7H10ClN3O2. The van der Waals surface area contributed by atoms with Crippen LogP contribution in [0.4, 0.5) is 0 Å². The van der Waals surface area contributed by atoms with Gasteiger partial charge in [0.25, 0.3) is 0 Å². The highest BCUT2D eigenvalue weighted by Crippen LogP contribution is 1.94. The molecule has 13 heavy (non-hydrogen) atoms. The number of amides is 1. The van der Waals surface area contributed by atoms with Gasteiger partial charge < -0.3 is 9.84 Å². The standard InChI is InChI=1S/C7H10ClN3O2/c1-5-10-6(11-13-5)4-9-7(12)2-3-8/h2-4H2,1H3,(H,9,12). The number of rotatable bonds is 4. The Morgan fingerprint density at radius 2 is 2.46 bits per heavy atom. The Bertz CT molecular complexity index is 287. The van der Waals surface area contributed by atoms with Gasteiger partial charge in [0.2, 0.25) is 11.8 Å². The minimum Gasteiger partial charge on any atom is -0.349 e. The molecule has 0 radical (unpaired) electrons. The van der Waals surface area contributed by atoms with Gasteiger partial charge in [0.1, 0.15) is 0 Å². The van der Waals surface area contributed by atoms with E-state index >= 15 is 0 Å². The minimum atomic E-state index is -0.113. The van der Waals surface area contributed by atoms with Crippen molar-refractivity contribution < 1.29 is 9.32 Å². The molecule has 0 saturated heterocycles. The van der Waals surface area contributed by atoms with Crippen molar-refractivity contribution in [2.45, 2.75) is 19.9 Å². The predicted molar refractivity (Wildman–Crippen MR) is 46.2 cm³/mol. The Morgan fingerprint density at radius 1 is 1.69 bits per heavy atom. The molecule has 0 bridgehead atoms. The number of aryl methyl sites for hydroxylation is 1. The molecule has 1 aromatic rings. The summed E-state index contributed by atoms with van der Waals surface area (Å²) in [5.41, 5.74) is 0. The summed E-state index contributed by atoms with van der Waals surface area (Å²) >= 11 is 5.37. The second-order valence-corrected chi connectivity index (χ2v) is 2.82. The molecule has 0 spiro atoms.